The molecule has 1 N–H and O–H groups in total. The van der Waals surface area contributed by atoms with Crippen LogP contribution in [0.1, 0.15) is 11.3 Å². The van der Waals surface area contributed by atoms with Crippen LogP contribution in [0, 0.1) is 0 Å². The van der Waals surface area contributed by atoms with E-state index in [-0.39, 0.29) is 0 Å². The Kier molecular flexibility index (Phi) is 5.46. The molecule has 0 unspecified atom stereocenters. The van der Waals surface area contributed by atoms with Crippen LogP contribution in [-0.2, 0) is 13.1 Å². The number of aromatic nitrogens is 1. The molecular weight excluding hydrogens is 312 g/mol. The molecule has 0 saturated heterocycles. The van der Waals surface area contributed by atoms with Crippen molar-refractivity contribution in [1.29, 1.82) is 0 Å². The van der Waals surface area contributed by atoms with Crippen molar-refractivity contribution in [2.75, 3.05) is 14.1 Å². The molecule has 0 bridgehead atoms. The highest BCUT2D eigenvalue weighted by Crippen LogP contribution is 2.19. The molecule has 5 nitrogen and oxygen atoms in total. The standard InChI is InChI=1S/C20H22N4O/c1-24(2)20(21-14-16-9-5-3-6-10-16)22-15-18-13-19(25-23-18)17-11-7-4-8-12-17/h3-13H,14-15H2,1-2H3,(H,21,22). The summed E-state index contributed by atoms with van der Waals surface area (Å²) in [6.45, 7) is 1.19. The lowest BCUT2D eigenvalue weighted by Crippen LogP contribution is -2.36. The van der Waals surface area contributed by atoms with Crippen molar-refractivity contribution in [3.05, 3.63) is 78.0 Å². The third-order valence-corrected chi connectivity index (χ3v) is 3.72. The smallest absolute Gasteiger partial charge is 0.194 e. The first-order valence-corrected chi connectivity index (χ1v) is 8.23. The molecule has 5 heteroatoms. The Morgan fingerprint density at radius 3 is 2.40 bits per heavy atom. The maximum atomic E-state index is 5.43. The maximum absolute atomic E-state index is 5.43. The third kappa shape index (κ3) is 4.70. The van der Waals surface area contributed by atoms with Crippen molar-refractivity contribution in [3.8, 4) is 11.3 Å². The zero-order chi connectivity index (χ0) is 17.5. The first-order valence-electron chi connectivity index (χ1n) is 8.23. The highest BCUT2D eigenvalue weighted by Gasteiger charge is 2.08. The van der Waals surface area contributed by atoms with E-state index < -0.39 is 0 Å². The van der Waals surface area contributed by atoms with E-state index in [4.69, 9.17) is 4.52 Å². The van der Waals surface area contributed by atoms with E-state index in [1.807, 2.05) is 73.6 Å². The summed E-state index contributed by atoms with van der Waals surface area (Å²) in [5.41, 5.74) is 3.04. The summed E-state index contributed by atoms with van der Waals surface area (Å²) in [5.74, 6) is 1.58. The Bertz CT molecular complexity index is 810. The summed E-state index contributed by atoms with van der Waals surface area (Å²) in [6.07, 6.45) is 0. The molecule has 1 heterocycles. The van der Waals surface area contributed by atoms with Crippen LogP contribution in [0.3, 0.4) is 0 Å². The second-order valence-electron chi connectivity index (χ2n) is 5.92. The van der Waals surface area contributed by atoms with Gasteiger partial charge in [0.25, 0.3) is 0 Å². The summed E-state index contributed by atoms with van der Waals surface area (Å²) in [7, 11) is 3.93. The van der Waals surface area contributed by atoms with Crippen LogP contribution in [-0.4, -0.2) is 30.1 Å². The van der Waals surface area contributed by atoms with Gasteiger partial charge in [0.1, 0.15) is 5.69 Å². The van der Waals surface area contributed by atoms with Gasteiger partial charge in [0.15, 0.2) is 11.7 Å². The number of aliphatic imine (C=N–C) groups is 1. The van der Waals surface area contributed by atoms with Crippen molar-refractivity contribution in [1.82, 2.24) is 15.4 Å². The van der Waals surface area contributed by atoms with Gasteiger partial charge >= 0.3 is 0 Å². The fourth-order valence-electron chi connectivity index (χ4n) is 2.41. The Hall–Kier alpha value is -3.08. The highest BCUT2D eigenvalue weighted by molar-refractivity contribution is 5.79. The highest BCUT2D eigenvalue weighted by atomic mass is 16.5. The normalized spacial score (nSPS) is 11.4. The predicted molar refractivity (Wildman–Crippen MR) is 100 cm³/mol. The fourth-order valence-corrected chi connectivity index (χ4v) is 2.41. The number of nitrogens with one attached hydrogen (secondary N) is 1. The van der Waals surface area contributed by atoms with E-state index in [9.17, 15) is 0 Å². The lowest BCUT2D eigenvalue weighted by atomic mass is 10.2. The number of hydrogen-bond donors (Lipinski definition) is 1. The topological polar surface area (TPSA) is 53.7 Å². The van der Waals surface area contributed by atoms with Crippen molar-refractivity contribution < 1.29 is 4.52 Å². The van der Waals surface area contributed by atoms with Gasteiger partial charge in [-0.25, -0.2) is 4.99 Å². The molecule has 2 aromatic carbocycles. The van der Waals surface area contributed by atoms with Crippen molar-refractivity contribution >= 4 is 5.96 Å². The van der Waals surface area contributed by atoms with Crippen LogP contribution in [0.2, 0.25) is 0 Å². The second-order valence-corrected chi connectivity index (χ2v) is 5.92. The Labute approximate surface area is 148 Å². The molecule has 128 valence electrons. The third-order valence-electron chi connectivity index (χ3n) is 3.72. The van der Waals surface area contributed by atoms with Gasteiger partial charge in [0.05, 0.1) is 13.1 Å². The molecule has 0 atom stereocenters. The van der Waals surface area contributed by atoms with Gasteiger partial charge in [0, 0.05) is 25.7 Å². The molecule has 0 amide bonds. The second kappa shape index (κ2) is 8.15. The Morgan fingerprint density at radius 2 is 1.72 bits per heavy atom. The average molecular weight is 334 g/mol. The van der Waals surface area contributed by atoms with Crippen LogP contribution in [0.25, 0.3) is 11.3 Å². The van der Waals surface area contributed by atoms with Gasteiger partial charge in [-0.15, -0.1) is 0 Å². The number of hydrogen-bond acceptors (Lipinski definition) is 3. The van der Waals surface area contributed by atoms with Gasteiger partial charge in [-0.1, -0.05) is 65.8 Å². The van der Waals surface area contributed by atoms with Crippen molar-refractivity contribution in [2.24, 2.45) is 4.99 Å². The zero-order valence-corrected chi connectivity index (χ0v) is 14.5. The van der Waals surface area contributed by atoms with E-state index in [1.165, 1.54) is 5.56 Å². The number of rotatable bonds is 5. The molecule has 0 spiro atoms. The largest absolute Gasteiger partial charge is 0.356 e. The van der Waals surface area contributed by atoms with Crippen LogP contribution < -0.4 is 5.32 Å². The van der Waals surface area contributed by atoms with E-state index in [0.29, 0.717) is 13.1 Å². The minimum Gasteiger partial charge on any atom is -0.356 e. The Morgan fingerprint density at radius 1 is 1.04 bits per heavy atom. The molecule has 0 radical (unpaired) electrons. The number of benzene rings is 2. The van der Waals surface area contributed by atoms with Crippen LogP contribution >= 0.6 is 0 Å². The summed E-state index contributed by atoms with van der Waals surface area (Å²) < 4.78 is 5.43. The van der Waals surface area contributed by atoms with Gasteiger partial charge < -0.3 is 14.7 Å². The van der Waals surface area contributed by atoms with Gasteiger partial charge in [-0.2, -0.15) is 0 Å². The lowest BCUT2D eigenvalue weighted by Gasteiger charge is -2.16. The molecule has 0 aliphatic heterocycles. The van der Waals surface area contributed by atoms with Crippen LogP contribution in [0.15, 0.2) is 76.2 Å². The average Bonchev–Trinajstić information content (AvgIpc) is 3.12. The summed E-state index contributed by atoms with van der Waals surface area (Å²) in [6, 6.07) is 22.1. The lowest BCUT2D eigenvalue weighted by molar-refractivity contribution is 0.421. The first-order chi connectivity index (χ1) is 12.2. The summed E-state index contributed by atoms with van der Waals surface area (Å²) in [4.78, 5) is 6.61. The molecule has 0 aliphatic rings. The van der Waals surface area contributed by atoms with E-state index in [2.05, 4.69) is 27.6 Å². The number of guanidine groups is 1. The van der Waals surface area contributed by atoms with Crippen LogP contribution in [0.4, 0.5) is 0 Å². The van der Waals surface area contributed by atoms with Gasteiger partial charge in [-0.3, -0.25) is 0 Å². The van der Waals surface area contributed by atoms with E-state index in [1.54, 1.807) is 0 Å². The molecule has 1 aromatic heterocycles. The molecular formula is C20H22N4O. The van der Waals surface area contributed by atoms with Crippen molar-refractivity contribution in [3.63, 3.8) is 0 Å². The van der Waals surface area contributed by atoms with Gasteiger partial charge in [-0.05, 0) is 5.56 Å². The zero-order valence-electron chi connectivity index (χ0n) is 14.5. The minimum atomic E-state index is 0.558. The molecule has 3 rings (SSSR count). The quantitative estimate of drug-likeness (QED) is 0.573. The molecule has 3 aromatic rings. The Balaban J connectivity index is 1.63. The van der Waals surface area contributed by atoms with E-state index >= 15 is 0 Å². The van der Waals surface area contributed by atoms with Gasteiger partial charge in [0.2, 0.25) is 0 Å². The molecule has 0 saturated carbocycles. The SMILES string of the molecule is CN(C)C(=NCc1ccccc1)NCc1cc(-c2ccccc2)on1. The fraction of sp³-hybridized carbons (Fsp3) is 0.200. The van der Waals surface area contributed by atoms with Crippen molar-refractivity contribution in [2.45, 2.75) is 13.1 Å². The maximum Gasteiger partial charge on any atom is 0.194 e. The molecule has 0 aliphatic carbocycles. The minimum absolute atomic E-state index is 0.558. The monoisotopic (exact) mass is 334 g/mol. The van der Waals surface area contributed by atoms with Crippen LogP contribution in [0.5, 0.6) is 0 Å². The summed E-state index contributed by atoms with van der Waals surface area (Å²) >= 11 is 0. The molecule has 0 fully saturated rings. The number of nitrogens with zero attached hydrogens (tertiary/aromatic N) is 3. The first kappa shape index (κ1) is 16.8. The summed E-state index contributed by atoms with van der Waals surface area (Å²) in [5, 5.41) is 7.46. The molecule has 25 heavy (non-hydrogen) atoms. The predicted octanol–water partition coefficient (Wildman–Crippen LogP) is 3.55. The van der Waals surface area contributed by atoms with E-state index in [0.717, 1.165) is 23.0 Å².